The first-order valence-electron chi connectivity index (χ1n) is 13.7. The van der Waals surface area contributed by atoms with Crippen LogP contribution in [0.1, 0.15) is 86.3 Å². The molecule has 210 valence electrons. The second kappa shape index (κ2) is 11.8. The zero-order chi connectivity index (χ0) is 28.3. The lowest BCUT2D eigenvalue weighted by molar-refractivity contribution is -0.295. The number of carbonyl (C=O) groups is 1. The second-order valence-corrected chi connectivity index (χ2v) is 23.3. The Labute approximate surface area is 228 Å². The summed E-state index contributed by atoms with van der Waals surface area (Å²) in [7, 11) is -4.09. The molecule has 1 saturated heterocycles. The molecular formula is C30H52O5Si2. The van der Waals surface area contributed by atoms with Gasteiger partial charge >= 0.3 is 0 Å². The number of rotatable bonds is 9. The van der Waals surface area contributed by atoms with Crippen molar-refractivity contribution in [3.63, 3.8) is 0 Å². The van der Waals surface area contributed by atoms with Crippen LogP contribution in [0.5, 0.6) is 5.75 Å². The smallest absolute Gasteiger partial charge is 0.292 e. The van der Waals surface area contributed by atoms with Gasteiger partial charge in [-0.25, -0.2) is 0 Å². The number of hydrogen-bond acceptors (Lipinski definition) is 5. The summed E-state index contributed by atoms with van der Waals surface area (Å²) in [5.41, 5.74) is 1.08. The van der Waals surface area contributed by atoms with Crippen LogP contribution in [0.3, 0.4) is 0 Å². The molecule has 1 aromatic carbocycles. The highest BCUT2D eigenvalue weighted by Crippen LogP contribution is 2.44. The van der Waals surface area contributed by atoms with Crippen LogP contribution in [0.15, 0.2) is 36.4 Å². The molecule has 1 fully saturated rings. The van der Waals surface area contributed by atoms with Gasteiger partial charge in [0.2, 0.25) is 8.32 Å². The molecule has 1 heterocycles. The van der Waals surface area contributed by atoms with E-state index in [1.807, 2.05) is 19.9 Å². The van der Waals surface area contributed by atoms with Crippen molar-refractivity contribution in [2.24, 2.45) is 5.92 Å². The van der Waals surface area contributed by atoms with Crippen molar-refractivity contribution in [1.29, 1.82) is 0 Å². The molecule has 0 aliphatic carbocycles. The quantitative estimate of drug-likeness (QED) is 0.228. The zero-order valence-electron chi connectivity index (χ0n) is 25.5. The number of benzene rings is 1. The first-order chi connectivity index (χ1) is 16.8. The highest BCUT2D eigenvalue weighted by molar-refractivity contribution is 6.75. The largest absolute Gasteiger partial charge is 0.543 e. The maximum absolute atomic E-state index is 12.4. The van der Waals surface area contributed by atoms with Gasteiger partial charge in [0, 0.05) is 17.9 Å². The van der Waals surface area contributed by atoms with E-state index < -0.39 is 22.4 Å². The van der Waals surface area contributed by atoms with Crippen molar-refractivity contribution >= 4 is 22.6 Å². The molecule has 0 N–H and O–H groups in total. The summed E-state index contributed by atoms with van der Waals surface area (Å²) in [6.07, 6.45) is 5.97. The minimum Gasteiger partial charge on any atom is -0.543 e. The molecule has 2 atom stereocenters. The first-order valence-corrected chi connectivity index (χ1v) is 19.5. The van der Waals surface area contributed by atoms with E-state index in [1.54, 1.807) is 0 Å². The fourth-order valence-corrected chi connectivity index (χ4v) is 5.67. The predicted molar refractivity (Wildman–Crippen MR) is 158 cm³/mol. The molecule has 5 nitrogen and oxygen atoms in total. The number of carbonyl (C=O) groups excluding carboxylic acids is 1. The number of hydrogen-bond donors (Lipinski definition) is 0. The lowest BCUT2D eigenvalue weighted by Gasteiger charge is -2.43. The number of allylic oxidation sites excluding steroid dienone is 2. The van der Waals surface area contributed by atoms with E-state index in [1.165, 1.54) is 0 Å². The third-order valence-electron chi connectivity index (χ3n) is 8.18. The van der Waals surface area contributed by atoms with E-state index in [4.69, 9.17) is 18.3 Å². The molecule has 2 rings (SSSR count). The Morgan fingerprint density at radius 2 is 1.59 bits per heavy atom. The molecule has 0 radical (unpaired) electrons. The van der Waals surface area contributed by atoms with Gasteiger partial charge in [0.25, 0.3) is 14.3 Å². The normalized spacial score (nSPS) is 21.2. The van der Waals surface area contributed by atoms with E-state index in [-0.39, 0.29) is 28.1 Å². The van der Waals surface area contributed by atoms with Gasteiger partial charge in [-0.05, 0) is 69.0 Å². The summed E-state index contributed by atoms with van der Waals surface area (Å²) in [4.78, 5) is 12.4. The minimum atomic E-state index is -2.07. The predicted octanol–water partition coefficient (Wildman–Crippen LogP) is 8.79. The van der Waals surface area contributed by atoms with Crippen molar-refractivity contribution in [2.45, 2.75) is 123 Å². The third kappa shape index (κ3) is 8.80. The average Bonchev–Trinajstić information content (AvgIpc) is 2.72. The summed E-state index contributed by atoms with van der Waals surface area (Å²) >= 11 is 0. The molecular weight excluding hydrogens is 496 g/mol. The SMILES string of the molecule is CC1(C)OC[C@@H](C/C=C\CCC(=O)O[Si](C)(C)C(C)(C)C)[C@@H](c2ccccc2O[Si](C)(C)C(C)(C)C)O1. The maximum atomic E-state index is 12.4. The first kappa shape index (κ1) is 31.8. The van der Waals surface area contributed by atoms with E-state index in [0.717, 1.165) is 17.7 Å². The van der Waals surface area contributed by atoms with Crippen molar-refractivity contribution in [3.8, 4) is 5.75 Å². The van der Waals surface area contributed by atoms with Gasteiger partial charge < -0.3 is 18.3 Å². The minimum absolute atomic E-state index is 0.0207. The Balaban J connectivity index is 2.11. The van der Waals surface area contributed by atoms with Gasteiger partial charge in [-0.1, -0.05) is 71.9 Å². The summed E-state index contributed by atoms with van der Waals surface area (Å²) < 4.78 is 25.2. The molecule has 1 aliphatic heterocycles. The van der Waals surface area contributed by atoms with Crippen LogP contribution in [-0.4, -0.2) is 35.0 Å². The van der Waals surface area contributed by atoms with Crippen LogP contribution in [0.4, 0.5) is 0 Å². The molecule has 37 heavy (non-hydrogen) atoms. The van der Waals surface area contributed by atoms with Crippen LogP contribution in [-0.2, 0) is 18.7 Å². The average molecular weight is 549 g/mol. The summed E-state index contributed by atoms with van der Waals surface area (Å²) in [5, 5.41) is 0.122. The van der Waals surface area contributed by atoms with Crippen LogP contribution in [0.2, 0.25) is 36.3 Å². The van der Waals surface area contributed by atoms with Gasteiger partial charge in [0.05, 0.1) is 12.7 Å². The Kier molecular flexibility index (Phi) is 10.1. The van der Waals surface area contributed by atoms with E-state index in [0.29, 0.717) is 19.4 Å². The lowest BCUT2D eigenvalue weighted by atomic mass is 9.91. The van der Waals surface area contributed by atoms with E-state index in [2.05, 4.69) is 98.1 Å². The summed E-state index contributed by atoms with van der Waals surface area (Å²) in [6, 6.07) is 8.29. The van der Waals surface area contributed by atoms with Gasteiger partial charge in [-0.15, -0.1) is 0 Å². The van der Waals surface area contributed by atoms with Crippen molar-refractivity contribution in [3.05, 3.63) is 42.0 Å². The van der Waals surface area contributed by atoms with Crippen LogP contribution >= 0.6 is 0 Å². The highest BCUT2D eigenvalue weighted by atomic mass is 28.4. The molecule has 0 unspecified atom stereocenters. The Morgan fingerprint density at radius 1 is 1.00 bits per heavy atom. The number of para-hydroxylation sites is 1. The van der Waals surface area contributed by atoms with Crippen molar-refractivity contribution in [1.82, 2.24) is 0 Å². The fraction of sp³-hybridized carbons (Fsp3) is 0.700. The molecule has 0 amide bonds. The van der Waals surface area contributed by atoms with E-state index >= 15 is 0 Å². The van der Waals surface area contributed by atoms with Gasteiger partial charge in [-0.3, -0.25) is 4.79 Å². The Hall–Kier alpha value is -1.42. The second-order valence-electron chi connectivity index (χ2n) is 13.9. The topological polar surface area (TPSA) is 54.0 Å². The Bertz CT molecular complexity index is 938. The Morgan fingerprint density at radius 3 is 2.19 bits per heavy atom. The van der Waals surface area contributed by atoms with E-state index in [9.17, 15) is 4.79 Å². The molecule has 0 spiro atoms. The van der Waals surface area contributed by atoms with Crippen molar-refractivity contribution < 1.29 is 23.1 Å². The zero-order valence-corrected chi connectivity index (χ0v) is 27.5. The third-order valence-corrected chi connectivity index (χ3v) is 16.9. The number of ether oxygens (including phenoxy) is 2. The lowest BCUT2D eigenvalue weighted by Crippen LogP contribution is -2.45. The fourth-order valence-electron chi connectivity index (χ4n) is 3.66. The highest BCUT2D eigenvalue weighted by Gasteiger charge is 2.42. The van der Waals surface area contributed by atoms with Crippen LogP contribution in [0, 0.1) is 5.92 Å². The molecule has 7 heteroatoms. The molecule has 0 saturated carbocycles. The van der Waals surface area contributed by atoms with Gasteiger partial charge in [0.1, 0.15) is 5.75 Å². The molecule has 0 bridgehead atoms. The maximum Gasteiger partial charge on any atom is 0.292 e. The van der Waals surface area contributed by atoms with Gasteiger partial charge in [-0.2, -0.15) is 0 Å². The summed E-state index contributed by atoms with van der Waals surface area (Å²) in [6.45, 7) is 26.5. The van der Waals surface area contributed by atoms with Gasteiger partial charge in [0.15, 0.2) is 5.79 Å². The van der Waals surface area contributed by atoms with Crippen LogP contribution < -0.4 is 4.43 Å². The summed E-state index contributed by atoms with van der Waals surface area (Å²) in [5.74, 6) is 0.298. The molecule has 0 aromatic heterocycles. The van der Waals surface area contributed by atoms with Crippen LogP contribution in [0.25, 0.3) is 0 Å². The van der Waals surface area contributed by atoms with Crippen molar-refractivity contribution in [2.75, 3.05) is 6.61 Å². The molecule has 1 aromatic rings. The molecule has 1 aliphatic rings. The standard InChI is InChI=1S/C30H52O5Si2/c1-28(2,3)36(9,10)34-25-20-17-16-19-24(25)27-23(22-32-30(7,8)33-27)18-14-13-15-21-26(31)35-37(11,12)29(4,5)6/h13-14,16-17,19-20,23,27H,15,18,21-22H2,1-12H3/b14-13-/t23-,27+/m1/s1. The monoisotopic (exact) mass is 548 g/mol.